The summed E-state index contributed by atoms with van der Waals surface area (Å²) in [5.41, 5.74) is 2.32. The number of nitrogens with zero attached hydrogens (tertiary/aromatic N) is 1. The predicted molar refractivity (Wildman–Crippen MR) is 64.5 cm³/mol. The minimum Gasteiger partial charge on any atom is -0.284 e. The lowest BCUT2D eigenvalue weighted by molar-refractivity contribution is -0.106. The highest BCUT2D eigenvalue weighted by molar-refractivity contribution is 5.86. The fraction of sp³-hybridized carbons (Fsp3) is 0. The molecule has 0 N–H and O–H groups in total. The maximum atomic E-state index is 11.1. The molecule has 0 spiro atoms. The Kier molecular flexibility index (Phi) is 3.01. The van der Waals surface area contributed by atoms with Gasteiger partial charge in [0, 0.05) is 11.4 Å². The van der Waals surface area contributed by atoms with Crippen LogP contribution in [-0.2, 0) is 4.79 Å². The Labute approximate surface area is 95.1 Å². The third-order valence-electron chi connectivity index (χ3n) is 2.31. The first-order valence-corrected chi connectivity index (χ1v) is 4.96. The number of hydrogen-bond acceptors (Lipinski definition) is 1. The van der Waals surface area contributed by atoms with E-state index < -0.39 is 0 Å². The summed E-state index contributed by atoms with van der Waals surface area (Å²) in [5.74, 6) is 0. The van der Waals surface area contributed by atoms with Crippen LogP contribution >= 0.6 is 0 Å². The molecule has 78 valence electrons. The summed E-state index contributed by atoms with van der Waals surface area (Å²) in [6.07, 6.45) is 0.793. The number of carbonyl (C=O) groups is 1. The highest BCUT2D eigenvalue weighted by atomic mass is 16.1. The summed E-state index contributed by atoms with van der Waals surface area (Å²) >= 11 is 0. The van der Waals surface area contributed by atoms with Crippen molar-refractivity contribution in [1.29, 1.82) is 0 Å². The molecule has 0 saturated carbocycles. The third kappa shape index (κ3) is 2.11. The Morgan fingerprint density at radius 3 is 2.00 bits per heavy atom. The van der Waals surface area contributed by atoms with Gasteiger partial charge in [0.15, 0.2) is 0 Å². The molecule has 2 rings (SSSR count). The van der Waals surface area contributed by atoms with Crippen LogP contribution < -0.4 is 4.90 Å². The summed E-state index contributed by atoms with van der Waals surface area (Å²) in [7, 11) is 0. The zero-order valence-electron chi connectivity index (χ0n) is 8.71. The van der Waals surface area contributed by atoms with Crippen molar-refractivity contribution in [2.24, 2.45) is 0 Å². The quantitative estimate of drug-likeness (QED) is 0.711. The topological polar surface area (TPSA) is 20.3 Å². The highest BCUT2D eigenvalue weighted by Crippen LogP contribution is 2.23. The number of hydrogen-bond donors (Lipinski definition) is 0. The molecule has 2 nitrogen and oxygen atoms in total. The SMILES string of the molecule is [CH]c1ccc(N(C=O)c2ccccc2)cc1. The lowest BCUT2D eigenvalue weighted by Gasteiger charge is -2.17. The van der Waals surface area contributed by atoms with Crippen LogP contribution in [0.4, 0.5) is 11.4 Å². The zero-order valence-corrected chi connectivity index (χ0v) is 8.71. The Bertz CT molecular complexity index is 462. The number of rotatable bonds is 3. The molecular formula is C14H11NO. The van der Waals surface area contributed by atoms with Gasteiger partial charge in [0.1, 0.15) is 0 Å². The number of carbonyl (C=O) groups excluding carboxylic acids is 1. The third-order valence-corrected chi connectivity index (χ3v) is 2.31. The van der Waals surface area contributed by atoms with E-state index >= 15 is 0 Å². The van der Waals surface area contributed by atoms with Crippen LogP contribution in [0.3, 0.4) is 0 Å². The van der Waals surface area contributed by atoms with Gasteiger partial charge in [-0.05, 0) is 36.8 Å². The van der Waals surface area contributed by atoms with E-state index in [-0.39, 0.29) is 0 Å². The smallest absolute Gasteiger partial charge is 0.218 e. The number of anilines is 2. The molecule has 2 radical (unpaired) electrons. The first-order chi connectivity index (χ1) is 7.81. The second kappa shape index (κ2) is 4.62. The van der Waals surface area contributed by atoms with Crippen LogP contribution in [0.15, 0.2) is 54.6 Å². The molecular weight excluding hydrogens is 198 g/mol. The maximum absolute atomic E-state index is 11.1. The Morgan fingerprint density at radius 1 is 0.875 bits per heavy atom. The molecule has 0 atom stereocenters. The molecule has 0 fully saturated rings. The molecule has 2 aromatic rings. The van der Waals surface area contributed by atoms with Gasteiger partial charge in [-0.1, -0.05) is 30.3 Å². The van der Waals surface area contributed by atoms with E-state index in [2.05, 4.69) is 0 Å². The Balaban J connectivity index is 2.37. The summed E-state index contributed by atoms with van der Waals surface area (Å²) < 4.78 is 0. The fourth-order valence-corrected chi connectivity index (χ4v) is 1.49. The fourth-order valence-electron chi connectivity index (χ4n) is 1.49. The van der Waals surface area contributed by atoms with Gasteiger partial charge in [-0.3, -0.25) is 9.69 Å². The van der Waals surface area contributed by atoms with E-state index in [0.717, 1.165) is 17.8 Å². The van der Waals surface area contributed by atoms with E-state index in [1.165, 1.54) is 0 Å². The number of benzene rings is 2. The van der Waals surface area contributed by atoms with Crippen LogP contribution in [0.1, 0.15) is 5.56 Å². The predicted octanol–water partition coefficient (Wildman–Crippen LogP) is 3.04. The highest BCUT2D eigenvalue weighted by Gasteiger charge is 2.06. The molecule has 2 heteroatoms. The van der Waals surface area contributed by atoms with E-state index in [1.54, 1.807) is 17.0 Å². The van der Waals surface area contributed by atoms with Crippen molar-refractivity contribution < 1.29 is 4.79 Å². The molecule has 2 aromatic carbocycles. The van der Waals surface area contributed by atoms with Crippen LogP contribution in [0, 0.1) is 6.92 Å². The first-order valence-electron chi connectivity index (χ1n) is 4.96. The number of para-hydroxylation sites is 1. The van der Waals surface area contributed by atoms with E-state index in [4.69, 9.17) is 6.92 Å². The van der Waals surface area contributed by atoms with E-state index in [9.17, 15) is 4.79 Å². The average Bonchev–Trinajstić information content (AvgIpc) is 2.34. The molecule has 0 aliphatic rings. The summed E-state index contributed by atoms with van der Waals surface area (Å²) in [6.45, 7) is 5.60. The Hall–Kier alpha value is -2.09. The van der Waals surface area contributed by atoms with Gasteiger partial charge < -0.3 is 0 Å². The molecule has 0 bridgehead atoms. The lowest BCUT2D eigenvalue weighted by atomic mass is 10.2. The molecule has 0 unspecified atom stereocenters. The number of amides is 1. The van der Waals surface area contributed by atoms with Crippen molar-refractivity contribution in [3.63, 3.8) is 0 Å². The molecule has 16 heavy (non-hydrogen) atoms. The first kappa shape index (κ1) is 10.4. The minimum atomic E-state index is 0.683. The Morgan fingerprint density at radius 2 is 1.44 bits per heavy atom. The average molecular weight is 209 g/mol. The van der Waals surface area contributed by atoms with Crippen molar-refractivity contribution in [1.82, 2.24) is 0 Å². The van der Waals surface area contributed by atoms with E-state index in [1.807, 2.05) is 42.5 Å². The van der Waals surface area contributed by atoms with E-state index in [0.29, 0.717) is 5.56 Å². The summed E-state index contributed by atoms with van der Waals surface area (Å²) in [5, 5.41) is 0. The van der Waals surface area contributed by atoms with Crippen molar-refractivity contribution in [2.45, 2.75) is 0 Å². The molecule has 0 aliphatic heterocycles. The molecule has 0 saturated heterocycles. The summed E-state index contributed by atoms with van der Waals surface area (Å²) in [4.78, 5) is 12.7. The zero-order chi connectivity index (χ0) is 11.4. The van der Waals surface area contributed by atoms with Gasteiger partial charge in [-0.25, -0.2) is 0 Å². The van der Waals surface area contributed by atoms with Gasteiger partial charge >= 0.3 is 0 Å². The van der Waals surface area contributed by atoms with Crippen LogP contribution in [0.2, 0.25) is 0 Å². The lowest BCUT2D eigenvalue weighted by Crippen LogP contribution is -2.13. The van der Waals surface area contributed by atoms with Gasteiger partial charge in [0.05, 0.1) is 0 Å². The second-order valence-electron chi connectivity index (χ2n) is 3.40. The molecule has 1 amide bonds. The van der Waals surface area contributed by atoms with Gasteiger partial charge in [-0.2, -0.15) is 0 Å². The molecule has 0 heterocycles. The van der Waals surface area contributed by atoms with Crippen LogP contribution in [0.5, 0.6) is 0 Å². The molecule has 0 aromatic heterocycles. The van der Waals surface area contributed by atoms with Crippen molar-refractivity contribution in [3.8, 4) is 0 Å². The largest absolute Gasteiger partial charge is 0.284 e. The van der Waals surface area contributed by atoms with Gasteiger partial charge in [0.2, 0.25) is 6.41 Å². The van der Waals surface area contributed by atoms with Crippen molar-refractivity contribution in [2.75, 3.05) is 4.90 Å². The standard InChI is InChI=1S/C14H11NO/c1-12-7-9-14(10-8-12)15(11-16)13-5-3-2-4-6-13/h1-11H. The monoisotopic (exact) mass is 209 g/mol. The van der Waals surface area contributed by atoms with Crippen LogP contribution in [0.25, 0.3) is 0 Å². The second-order valence-corrected chi connectivity index (χ2v) is 3.40. The minimum absolute atomic E-state index is 0.683. The van der Waals surface area contributed by atoms with Gasteiger partial charge in [-0.15, -0.1) is 0 Å². The van der Waals surface area contributed by atoms with Gasteiger partial charge in [0.25, 0.3) is 0 Å². The maximum Gasteiger partial charge on any atom is 0.218 e. The summed E-state index contributed by atoms with van der Waals surface area (Å²) in [6, 6.07) is 16.6. The van der Waals surface area contributed by atoms with Crippen molar-refractivity contribution in [3.05, 3.63) is 67.1 Å². The normalized spacial score (nSPS) is 9.81. The van der Waals surface area contributed by atoms with Crippen molar-refractivity contribution >= 4 is 17.8 Å². The van der Waals surface area contributed by atoms with Crippen LogP contribution in [-0.4, -0.2) is 6.41 Å². The molecule has 0 aliphatic carbocycles.